The van der Waals surface area contributed by atoms with Gasteiger partial charge in [-0.25, -0.2) is 0 Å². The Bertz CT molecular complexity index is 663. The van der Waals surface area contributed by atoms with E-state index in [0.29, 0.717) is 29.1 Å². The fourth-order valence-corrected chi connectivity index (χ4v) is 2.09. The summed E-state index contributed by atoms with van der Waals surface area (Å²) in [5.41, 5.74) is 6.91. The van der Waals surface area contributed by atoms with E-state index in [1.54, 1.807) is 24.3 Å². The minimum Gasteiger partial charge on any atom is -0.480 e. The molecule has 0 atom stereocenters. The van der Waals surface area contributed by atoms with E-state index >= 15 is 0 Å². The van der Waals surface area contributed by atoms with Crippen molar-refractivity contribution in [2.45, 2.75) is 13.3 Å². The van der Waals surface area contributed by atoms with Crippen molar-refractivity contribution in [1.29, 1.82) is 0 Å². The van der Waals surface area contributed by atoms with E-state index in [-0.39, 0.29) is 0 Å². The number of carbonyl (C=O) groups is 2. The van der Waals surface area contributed by atoms with Gasteiger partial charge in [0, 0.05) is 6.42 Å². The first-order valence-electron chi connectivity index (χ1n) is 6.49. The monoisotopic (exact) mass is 288 g/mol. The van der Waals surface area contributed by atoms with Crippen LogP contribution >= 0.6 is 0 Å². The van der Waals surface area contributed by atoms with E-state index in [0.717, 1.165) is 4.90 Å². The molecular weight excluding hydrogens is 272 g/mol. The van der Waals surface area contributed by atoms with Crippen LogP contribution in [-0.2, 0) is 11.2 Å². The second kappa shape index (κ2) is 6.13. The molecule has 6 heteroatoms. The highest BCUT2D eigenvalue weighted by atomic mass is 16.4. The Morgan fingerprint density at radius 2 is 2.00 bits per heavy atom. The van der Waals surface area contributed by atoms with Crippen LogP contribution in [0.4, 0.5) is 11.4 Å². The third-order valence-electron chi connectivity index (χ3n) is 3.06. The second-order valence-corrected chi connectivity index (χ2v) is 4.45. The van der Waals surface area contributed by atoms with Crippen LogP contribution in [0.25, 0.3) is 0 Å². The van der Waals surface area contributed by atoms with Gasteiger partial charge in [-0.3, -0.25) is 14.5 Å². The smallest absolute Gasteiger partial charge is 0.323 e. The number of aryl methyl sites for hydroxylation is 1. The number of nitrogen functional groups attached to an aromatic ring is 1. The molecule has 2 rings (SSSR count). The number of carboxylic acids is 1. The summed E-state index contributed by atoms with van der Waals surface area (Å²) >= 11 is 0. The number of hydrogen-bond acceptors (Lipinski definition) is 4. The molecule has 110 valence electrons. The van der Waals surface area contributed by atoms with Crippen LogP contribution in [0.3, 0.4) is 0 Å². The van der Waals surface area contributed by atoms with Gasteiger partial charge in [-0.2, -0.15) is 0 Å². The molecule has 0 unspecified atom stereocenters. The molecule has 1 heterocycles. The summed E-state index contributed by atoms with van der Waals surface area (Å²) in [6.45, 7) is 1.38. The Morgan fingerprint density at radius 1 is 1.29 bits per heavy atom. The van der Waals surface area contributed by atoms with Crippen LogP contribution in [0, 0.1) is 0 Å². The molecule has 0 spiro atoms. The number of benzene rings is 1. The van der Waals surface area contributed by atoms with Gasteiger partial charge >= 0.3 is 5.97 Å². The zero-order valence-corrected chi connectivity index (χ0v) is 11.6. The number of aliphatic carboxylic acids is 1. The van der Waals surface area contributed by atoms with Crippen molar-refractivity contribution < 1.29 is 19.1 Å². The van der Waals surface area contributed by atoms with E-state index in [4.69, 9.17) is 15.3 Å². The molecule has 1 aromatic heterocycles. The SMILES string of the molecule is CCc1occc1C(=O)N(CC(=O)O)c1ccccc1N. The molecule has 0 aliphatic rings. The maximum atomic E-state index is 12.6. The molecule has 1 aromatic carbocycles. The van der Waals surface area contributed by atoms with Crippen molar-refractivity contribution in [3.63, 3.8) is 0 Å². The molecule has 0 radical (unpaired) electrons. The average Bonchev–Trinajstić information content (AvgIpc) is 2.93. The molecule has 0 aliphatic carbocycles. The molecule has 0 fully saturated rings. The zero-order chi connectivity index (χ0) is 15.4. The van der Waals surface area contributed by atoms with E-state index < -0.39 is 18.4 Å². The van der Waals surface area contributed by atoms with Crippen LogP contribution in [-0.4, -0.2) is 23.5 Å². The lowest BCUT2D eigenvalue weighted by Gasteiger charge is -2.22. The number of furan rings is 1. The number of nitrogens with zero attached hydrogens (tertiary/aromatic N) is 1. The lowest BCUT2D eigenvalue weighted by atomic mass is 10.1. The topological polar surface area (TPSA) is 96.8 Å². The van der Waals surface area contributed by atoms with E-state index in [2.05, 4.69) is 0 Å². The minimum absolute atomic E-state index is 0.341. The fourth-order valence-electron chi connectivity index (χ4n) is 2.09. The lowest BCUT2D eigenvalue weighted by Crippen LogP contribution is -2.36. The van der Waals surface area contributed by atoms with Crippen molar-refractivity contribution in [2.75, 3.05) is 17.2 Å². The first-order valence-corrected chi connectivity index (χ1v) is 6.49. The largest absolute Gasteiger partial charge is 0.480 e. The van der Waals surface area contributed by atoms with Crippen molar-refractivity contribution in [3.8, 4) is 0 Å². The molecule has 3 N–H and O–H groups in total. The average molecular weight is 288 g/mol. The third-order valence-corrected chi connectivity index (χ3v) is 3.06. The molecule has 6 nitrogen and oxygen atoms in total. The fraction of sp³-hybridized carbons (Fsp3) is 0.200. The summed E-state index contributed by atoms with van der Waals surface area (Å²) < 4.78 is 5.23. The van der Waals surface area contributed by atoms with Crippen molar-refractivity contribution in [2.24, 2.45) is 0 Å². The summed E-state index contributed by atoms with van der Waals surface area (Å²) in [5.74, 6) is -1.04. The van der Waals surface area contributed by atoms with E-state index in [1.807, 2.05) is 6.92 Å². The van der Waals surface area contributed by atoms with Crippen molar-refractivity contribution >= 4 is 23.3 Å². The number of rotatable bonds is 5. The Labute approximate surface area is 121 Å². The van der Waals surface area contributed by atoms with E-state index in [1.165, 1.54) is 12.3 Å². The second-order valence-electron chi connectivity index (χ2n) is 4.45. The maximum absolute atomic E-state index is 12.6. The van der Waals surface area contributed by atoms with Crippen molar-refractivity contribution in [1.82, 2.24) is 0 Å². The summed E-state index contributed by atoms with van der Waals surface area (Å²) in [4.78, 5) is 24.8. The van der Waals surface area contributed by atoms with Gasteiger partial charge in [-0.1, -0.05) is 19.1 Å². The molecule has 1 amide bonds. The van der Waals surface area contributed by atoms with Gasteiger partial charge in [-0.05, 0) is 18.2 Å². The Morgan fingerprint density at radius 3 is 2.62 bits per heavy atom. The number of amides is 1. The quantitative estimate of drug-likeness (QED) is 0.822. The molecule has 0 bridgehead atoms. The van der Waals surface area contributed by atoms with Crippen LogP contribution in [0.2, 0.25) is 0 Å². The maximum Gasteiger partial charge on any atom is 0.323 e. The highest BCUT2D eigenvalue weighted by molar-refractivity contribution is 6.10. The standard InChI is InChI=1S/C15H16N2O4/c1-2-13-10(7-8-21-13)15(20)17(9-14(18)19)12-6-4-3-5-11(12)16/h3-8H,2,9,16H2,1H3,(H,18,19). The minimum atomic E-state index is -1.12. The van der Waals surface area contributed by atoms with Crippen LogP contribution < -0.4 is 10.6 Å². The van der Waals surface area contributed by atoms with Gasteiger partial charge in [0.05, 0.1) is 23.2 Å². The molecule has 21 heavy (non-hydrogen) atoms. The summed E-state index contributed by atoms with van der Waals surface area (Å²) in [6, 6.07) is 8.19. The van der Waals surface area contributed by atoms with Gasteiger partial charge in [0.15, 0.2) is 0 Å². The van der Waals surface area contributed by atoms with Gasteiger partial charge in [0.25, 0.3) is 5.91 Å². The predicted molar refractivity (Wildman–Crippen MR) is 78.3 cm³/mol. The van der Waals surface area contributed by atoms with Crippen molar-refractivity contribution in [3.05, 3.63) is 47.9 Å². The van der Waals surface area contributed by atoms with Gasteiger partial charge in [0.2, 0.25) is 0 Å². The Hall–Kier alpha value is -2.76. The molecule has 2 aromatic rings. The number of carbonyl (C=O) groups excluding carboxylic acids is 1. The number of carboxylic acid groups (broad SMARTS) is 1. The Kier molecular flexibility index (Phi) is 4.27. The Balaban J connectivity index is 2.44. The summed E-state index contributed by atoms with van der Waals surface area (Å²) in [5, 5.41) is 9.05. The van der Waals surface area contributed by atoms with Crippen LogP contribution in [0.1, 0.15) is 23.0 Å². The number of anilines is 2. The first kappa shape index (κ1) is 14.6. The number of nitrogens with two attached hydrogens (primary N) is 1. The molecule has 0 aliphatic heterocycles. The summed E-state index contributed by atoms with van der Waals surface area (Å²) in [6.07, 6.45) is 1.96. The van der Waals surface area contributed by atoms with Gasteiger partial charge < -0.3 is 15.3 Å². The van der Waals surface area contributed by atoms with E-state index in [9.17, 15) is 9.59 Å². The predicted octanol–water partition coefficient (Wildman–Crippen LogP) is 2.16. The lowest BCUT2D eigenvalue weighted by molar-refractivity contribution is -0.135. The number of hydrogen-bond donors (Lipinski definition) is 2. The number of para-hydroxylation sites is 2. The van der Waals surface area contributed by atoms with Crippen LogP contribution in [0.5, 0.6) is 0 Å². The molecule has 0 saturated heterocycles. The molecule has 0 saturated carbocycles. The summed E-state index contributed by atoms with van der Waals surface area (Å²) in [7, 11) is 0. The van der Waals surface area contributed by atoms with Crippen LogP contribution in [0.15, 0.2) is 41.0 Å². The van der Waals surface area contributed by atoms with Gasteiger partial charge in [-0.15, -0.1) is 0 Å². The normalized spacial score (nSPS) is 10.3. The van der Waals surface area contributed by atoms with Gasteiger partial charge in [0.1, 0.15) is 12.3 Å². The zero-order valence-electron chi connectivity index (χ0n) is 11.6. The molecular formula is C15H16N2O4. The highest BCUT2D eigenvalue weighted by Gasteiger charge is 2.25. The highest BCUT2D eigenvalue weighted by Crippen LogP contribution is 2.25. The third kappa shape index (κ3) is 3.05. The first-order chi connectivity index (χ1) is 10.0.